The van der Waals surface area contributed by atoms with Gasteiger partial charge in [-0.25, -0.2) is 0 Å². The van der Waals surface area contributed by atoms with Gasteiger partial charge in [0.25, 0.3) is 0 Å². The lowest BCUT2D eigenvalue weighted by atomic mass is 10.1. The van der Waals surface area contributed by atoms with E-state index in [-0.39, 0.29) is 31.1 Å². The van der Waals surface area contributed by atoms with Gasteiger partial charge in [-0.3, -0.25) is 19.3 Å². The van der Waals surface area contributed by atoms with Crippen LogP contribution in [-0.2, 0) is 20.8 Å². The van der Waals surface area contributed by atoms with Gasteiger partial charge in [0.2, 0.25) is 11.8 Å². The maximum Gasteiger partial charge on any atom is 0.303 e. The molecule has 1 fully saturated rings. The Morgan fingerprint density at radius 3 is 2.42 bits per heavy atom. The Kier molecular flexibility index (Phi) is 7.07. The standard InChI is InChI=1S/C24H26N2O5/c1-17-21(16-23(28)26(17)19-6-4-3-5-7-19)25(22(27)12-13-24(29)30)15-14-18-8-10-20(31-2)11-9-18/h3-11,21H,1,12-16H2,2H3,(H,29,30). The van der Waals surface area contributed by atoms with Crippen molar-refractivity contribution >= 4 is 23.5 Å². The van der Waals surface area contributed by atoms with Gasteiger partial charge < -0.3 is 14.7 Å². The average Bonchev–Trinajstić information content (AvgIpc) is 3.07. The molecule has 1 aliphatic rings. The Hall–Kier alpha value is -3.61. The van der Waals surface area contributed by atoms with Gasteiger partial charge in [-0.2, -0.15) is 0 Å². The van der Waals surface area contributed by atoms with Crippen LogP contribution in [0.5, 0.6) is 5.75 Å². The highest BCUT2D eigenvalue weighted by Gasteiger charge is 2.39. The molecule has 2 amide bonds. The number of carboxylic acid groups (broad SMARTS) is 1. The van der Waals surface area contributed by atoms with Gasteiger partial charge in [-0.1, -0.05) is 36.9 Å². The second-order valence-corrected chi connectivity index (χ2v) is 7.35. The van der Waals surface area contributed by atoms with Crippen LogP contribution in [0.25, 0.3) is 0 Å². The van der Waals surface area contributed by atoms with E-state index >= 15 is 0 Å². The maximum absolute atomic E-state index is 12.9. The summed E-state index contributed by atoms with van der Waals surface area (Å²) in [6.45, 7) is 4.45. The number of benzene rings is 2. The van der Waals surface area contributed by atoms with E-state index < -0.39 is 12.0 Å². The number of anilines is 1. The molecule has 0 bridgehead atoms. The lowest BCUT2D eigenvalue weighted by molar-refractivity contribution is -0.141. The molecule has 1 saturated heterocycles. The molecule has 7 heteroatoms. The molecular weight excluding hydrogens is 396 g/mol. The third kappa shape index (κ3) is 5.31. The number of rotatable bonds is 9. The molecular formula is C24H26N2O5. The van der Waals surface area contributed by atoms with Crippen LogP contribution < -0.4 is 9.64 Å². The Bertz CT molecular complexity index is 956. The molecule has 1 aliphatic heterocycles. The van der Waals surface area contributed by atoms with Crippen molar-refractivity contribution < 1.29 is 24.2 Å². The van der Waals surface area contributed by atoms with Crippen LogP contribution in [0.1, 0.15) is 24.8 Å². The van der Waals surface area contributed by atoms with E-state index in [1.807, 2.05) is 54.6 Å². The van der Waals surface area contributed by atoms with Crippen molar-refractivity contribution in [3.05, 3.63) is 72.4 Å². The molecule has 3 rings (SSSR count). The fourth-order valence-electron chi connectivity index (χ4n) is 3.71. The highest BCUT2D eigenvalue weighted by Crippen LogP contribution is 2.32. The number of nitrogens with zero attached hydrogens (tertiary/aromatic N) is 2. The molecule has 0 spiro atoms. The van der Waals surface area contributed by atoms with Crippen LogP contribution in [0.3, 0.4) is 0 Å². The topological polar surface area (TPSA) is 87.1 Å². The molecule has 1 N–H and O–H groups in total. The smallest absolute Gasteiger partial charge is 0.303 e. The first-order chi connectivity index (χ1) is 14.9. The first-order valence-corrected chi connectivity index (χ1v) is 10.1. The first-order valence-electron chi connectivity index (χ1n) is 10.1. The van der Waals surface area contributed by atoms with Crippen LogP contribution in [0.4, 0.5) is 5.69 Å². The van der Waals surface area contributed by atoms with Crippen molar-refractivity contribution in [3.63, 3.8) is 0 Å². The average molecular weight is 422 g/mol. The Labute approximate surface area is 181 Å². The van der Waals surface area contributed by atoms with E-state index in [9.17, 15) is 14.4 Å². The molecule has 1 heterocycles. The predicted molar refractivity (Wildman–Crippen MR) is 117 cm³/mol. The molecule has 7 nitrogen and oxygen atoms in total. The van der Waals surface area contributed by atoms with Gasteiger partial charge in [-0.15, -0.1) is 0 Å². The molecule has 2 aromatic rings. The second kappa shape index (κ2) is 9.93. The lowest BCUT2D eigenvalue weighted by Crippen LogP contribution is -2.42. The minimum Gasteiger partial charge on any atom is -0.497 e. The van der Waals surface area contributed by atoms with E-state index in [0.29, 0.717) is 24.4 Å². The number of methoxy groups -OCH3 is 1. The Morgan fingerprint density at radius 1 is 1.13 bits per heavy atom. The van der Waals surface area contributed by atoms with Gasteiger partial charge in [0, 0.05) is 24.4 Å². The van der Waals surface area contributed by atoms with Gasteiger partial charge in [-0.05, 0) is 36.2 Å². The number of hydrogen-bond donors (Lipinski definition) is 1. The molecule has 0 radical (unpaired) electrons. The van der Waals surface area contributed by atoms with E-state index in [0.717, 1.165) is 11.3 Å². The zero-order chi connectivity index (χ0) is 22.4. The van der Waals surface area contributed by atoms with Crippen molar-refractivity contribution in [2.45, 2.75) is 31.7 Å². The SMILES string of the molecule is C=C1C(N(CCc2ccc(OC)cc2)C(=O)CCC(=O)O)CC(=O)N1c1ccccc1. The Morgan fingerprint density at radius 2 is 1.81 bits per heavy atom. The maximum atomic E-state index is 12.9. The molecule has 1 unspecified atom stereocenters. The zero-order valence-electron chi connectivity index (χ0n) is 17.5. The summed E-state index contributed by atoms with van der Waals surface area (Å²) in [5.74, 6) is -0.728. The van der Waals surface area contributed by atoms with E-state index in [1.165, 1.54) is 4.90 Å². The molecule has 31 heavy (non-hydrogen) atoms. The summed E-state index contributed by atoms with van der Waals surface area (Å²) in [5.41, 5.74) is 2.23. The normalized spacial score (nSPS) is 15.8. The van der Waals surface area contributed by atoms with Crippen LogP contribution in [0.15, 0.2) is 66.9 Å². The minimum absolute atomic E-state index is 0.120. The monoisotopic (exact) mass is 422 g/mol. The fourth-order valence-corrected chi connectivity index (χ4v) is 3.71. The summed E-state index contributed by atoms with van der Waals surface area (Å²) >= 11 is 0. The summed E-state index contributed by atoms with van der Waals surface area (Å²) in [6.07, 6.45) is 0.302. The van der Waals surface area contributed by atoms with Crippen molar-refractivity contribution in [2.75, 3.05) is 18.6 Å². The number of carboxylic acids is 1. The number of hydrogen-bond acceptors (Lipinski definition) is 4. The Balaban J connectivity index is 1.79. The van der Waals surface area contributed by atoms with Crippen molar-refractivity contribution in [1.82, 2.24) is 4.90 Å². The summed E-state index contributed by atoms with van der Waals surface area (Å²) < 4.78 is 5.17. The number of amides is 2. The van der Waals surface area contributed by atoms with Crippen LogP contribution in [0, 0.1) is 0 Å². The molecule has 0 aromatic heterocycles. The van der Waals surface area contributed by atoms with E-state index in [1.54, 1.807) is 12.0 Å². The molecule has 2 aromatic carbocycles. The van der Waals surface area contributed by atoms with Gasteiger partial charge in [0.1, 0.15) is 5.75 Å². The zero-order valence-corrected chi connectivity index (χ0v) is 17.5. The molecule has 0 aliphatic carbocycles. The van der Waals surface area contributed by atoms with E-state index in [4.69, 9.17) is 9.84 Å². The number of aliphatic carboxylic acids is 1. The van der Waals surface area contributed by atoms with Crippen LogP contribution in [-0.4, -0.2) is 47.5 Å². The van der Waals surface area contributed by atoms with Gasteiger partial charge in [0.15, 0.2) is 0 Å². The number of carbonyl (C=O) groups excluding carboxylic acids is 2. The van der Waals surface area contributed by atoms with Crippen molar-refractivity contribution in [1.29, 1.82) is 0 Å². The summed E-state index contributed by atoms with van der Waals surface area (Å²) in [4.78, 5) is 39.8. The van der Waals surface area contributed by atoms with Crippen molar-refractivity contribution in [3.8, 4) is 5.75 Å². The van der Waals surface area contributed by atoms with Crippen LogP contribution >= 0.6 is 0 Å². The third-order valence-electron chi connectivity index (χ3n) is 5.35. The van der Waals surface area contributed by atoms with Crippen LogP contribution in [0.2, 0.25) is 0 Å². The fraction of sp³-hybridized carbons (Fsp3) is 0.292. The summed E-state index contributed by atoms with van der Waals surface area (Å²) in [5, 5.41) is 8.99. The summed E-state index contributed by atoms with van der Waals surface area (Å²) in [7, 11) is 1.60. The predicted octanol–water partition coefficient (Wildman–Crippen LogP) is 3.25. The summed E-state index contributed by atoms with van der Waals surface area (Å²) in [6, 6.07) is 16.2. The number of para-hydroxylation sites is 1. The number of ether oxygens (including phenoxy) is 1. The third-order valence-corrected chi connectivity index (χ3v) is 5.35. The minimum atomic E-state index is -1.03. The highest BCUT2D eigenvalue weighted by atomic mass is 16.5. The number of carbonyl (C=O) groups is 3. The van der Waals surface area contributed by atoms with Gasteiger partial charge >= 0.3 is 5.97 Å². The molecule has 162 valence electrons. The van der Waals surface area contributed by atoms with Gasteiger partial charge in [0.05, 0.1) is 26.0 Å². The quantitative estimate of drug-likeness (QED) is 0.670. The largest absolute Gasteiger partial charge is 0.497 e. The lowest BCUT2D eigenvalue weighted by Gasteiger charge is -2.30. The molecule has 1 atom stereocenters. The second-order valence-electron chi connectivity index (χ2n) is 7.35. The van der Waals surface area contributed by atoms with E-state index in [2.05, 4.69) is 6.58 Å². The highest BCUT2D eigenvalue weighted by molar-refractivity contribution is 6.01. The first kappa shape index (κ1) is 22.1. The molecule has 0 saturated carbocycles. The van der Waals surface area contributed by atoms with Crippen molar-refractivity contribution in [2.24, 2.45) is 0 Å².